The molecule has 150 valence electrons. The van der Waals surface area contributed by atoms with Crippen LogP contribution in [0.5, 0.6) is 0 Å². The number of unbranched alkanes of at least 4 members (excludes halogenated alkanes) is 9. The van der Waals surface area contributed by atoms with E-state index in [0.717, 1.165) is 0 Å². The molecule has 1 atom stereocenters. The Kier molecular flexibility index (Phi) is 12.4. The van der Waals surface area contributed by atoms with Crippen LogP contribution in [0.25, 0.3) is 0 Å². The quantitative estimate of drug-likeness (QED) is 0.210. The summed E-state index contributed by atoms with van der Waals surface area (Å²) in [6.07, 6.45) is 17.8. The van der Waals surface area contributed by atoms with Crippen molar-refractivity contribution in [1.29, 1.82) is 0 Å². The van der Waals surface area contributed by atoms with Gasteiger partial charge in [-0.05, 0) is 43.7 Å². The number of halogens is 1. The van der Waals surface area contributed by atoms with E-state index in [9.17, 15) is 0 Å². The van der Waals surface area contributed by atoms with E-state index in [-0.39, 0.29) is 4.87 Å². The van der Waals surface area contributed by atoms with Crippen LogP contribution in [0.15, 0.2) is 24.3 Å². The molecule has 0 aromatic heterocycles. The molecule has 0 N–H and O–H groups in total. The molecule has 1 heteroatoms. The number of alkyl halides is 1. The highest BCUT2D eigenvalue weighted by atomic mass is 35.5. The molecule has 0 aliphatic heterocycles. The largest absolute Gasteiger partial charge is 0.115 e. The zero-order chi connectivity index (χ0) is 19.3. The molecule has 0 aliphatic rings. The highest BCUT2D eigenvalue weighted by Gasteiger charge is 2.23. The van der Waals surface area contributed by atoms with Crippen molar-refractivity contribution in [3.05, 3.63) is 35.4 Å². The van der Waals surface area contributed by atoms with Gasteiger partial charge in [0.05, 0.1) is 4.87 Å². The van der Waals surface area contributed by atoms with Crippen molar-refractivity contribution in [3.63, 3.8) is 0 Å². The highest BCUT2D eigenvalue weighted by Crippen LogP contribution is 2.38. The minimum atomic E-state index is -0.280. The Hall–Kier alpha value is -0.490. The third-order valence-corrected chi connectivity index (χ3v) is 5.81. The lowest BCUT2D eigenvalue weighted by Crippen LogP contribution is -2.14. The smallest absolute Gasteiger partial charge is 0.0641 e. The maximum atomic E-state index is 6.73. The standard InChI is InChI=1S/C25H43Cl/c1-5-7-9-11-13-15-19-22(18-14-12-10-8-6-2)23-20-16-17-21-24(23)25(3,4)26/h16-17,20-22H,5-15,18-19H2,1-4H3. The topological polar surface area (TPSA) is 0 Å². The molecule has 0 nitrogen and oxygen atoms in total. The maximum Gasteiger partial charge on any atom is 0.0641 e. The first-order valence-corrected chi connectivity index (χ1v) is 11.7. The zero-order valence-corrected chi connectivity index (χ0v) is 18.7. The summed E-state index contributed by atoms with van der Waals surface area (Å²) in [6.45, 7) is 8.85. The number of rotatable bonds is 15. The minimum absolute atomic E-state index is 0.280. The molecule has 0 spiro atoms. The van der Waals surface area contributed by atoms with Gasteiger partial charge in [-0.1, -0.05) is 109 Å². The van der Waals surface area contributed by atoms with Gasteiger partial charge in [-0.25, -0.2) is 0 Å². The Morgan fingerprint density at radius 1 is 0.731 bits per heavy atom. The molecule has 26 heavy (non-hydrogen) atoms. The number of benzene rings is 1. The fourth-order valence-corrected chi connectivity index (χ4v) is 4.19. The third kappa shape index (κ3) is 9.45. The van der Waals surface area contributed by atoms with Crippen molar-refractivity contribution in [2.24, 2.45) is 0 Å². The van der Waals surface area contributed by atoms with Gasteiger partial charge >= 0.3 is 0 Å². The van der Waals surface area contributed by atoms with Crippen LogP contribution < -0.4 is 0 Å². The Morgan fingerprint density at radius 3 is 1.69 bits per heavy atom. The lowest BCUT2D eigenvalue weighted by atomic mass is 9.82. The van der Waals surface area contributed by atoms with Gasteiger partial charge in [-0.15, -0.1) is 11.6 Å². The van der Waals surface area contributed by atoms with Crippen molar-refractivity contribution in [2.45, 2.75) is 122 Å². The third-order valence-electron chi connectivity index (χ3n) is 5.60. The summed E-state index contributed by atoms with van der Waals surface area (Å²) < 4.78 is 0. The molecule has 1 aromatic rings. The molecule has 1 rings (SSSR count). The van der Waals surface area contributed by atoms with Crippen LogP contribution in [0.2, 0.25) is 0 Å². The SMILES string of the molecule is CCCCCCCCC(CCCCCCC)c1ccccc1C(C)(C)Cl. The van der Waals surface area contributed by atoms with E-state index < -0.39 is 0 Å². The van der Waals surface area contributed by atoms with Gasteiger partial charge in [0, 0.05) is 0 Å². The van der Waals surface area contributed by atoms with Crippen LogP contribution in [0.4, 0.5) is 0 Å². The predicted octanol–water partition coefficient (Wildman–Crippen LogP) is 9.36. The fourth-order valence-electron chi connectivity index (χ4n) is 4.02. The van der Waals surface area contributed by atoms with Crippen LogP contribution in [0.3, 0.4) is 0 Å². The second-order valence-electron chi connectivity index (χ2n) is 8.52. The second kappa shape index (κ2) is 13.6. The number of hydrogen-bond donors (Lipinski definition) is 0. The summed E-state index contributed by atoms with van der Waals surface area (Å²) in [5, 5.41) is 0. The highest BCUT2D eigenvalue weighted by molar-refractivity contribution is 6.23. The molecule has 0 amide bonds. The summed E-state index contributed by atoms with van der Waals surface area (Å²) in [6, 6.07) is 8.93. The van der Waals surface area contributed by atoms with E-state index in [4.69, 9.17) is 11.6 Å². The van der Waals surface area contributed by atoms with Gasteiger partial charge in [0.25, 0.3) is 0 Å². The maximum absolute atomic E-state index is 6.73. The zero-order valence-electron chi connectivity index (χ0n) is 18.0. The van der Waals surface area contributed by atoms with Crippen molar-refractivity contribution < 1.29 is 0 Å². The summed E-state index contributed by atoms with van der Waals surface area (Å²) in [7, 11) is 0. The van der Waals surface area contributed by atoms with Crippen LogP contribution in [-0.2, 0) is 4.87 Å². The van der Waals surface area contributed by atoms with Crippen molar-refractivity contribution in [2.75, 3.05) is 0 Å². The Morgan fingerprint density at radius 2 is 1.19 bits per heavy atom. The van der Waals surface area contributed by atoms with Crippen LogP contribution in [0, 0.1) is 0 Å². The Labute approximate surface area is 169 Å². The summed E-state index contributed by atoms with van der Waals surface area (Å²) >= 11 is 6.73. The Bertz CT molecular complexity index is 457. The van der Waals surface area contributed by atoms with Gasteiger partial charge in [0.2, 0.25) is 0 Å². The molecular weight excluding hydrogens is 336 g/mol. The first-order valence-electron chi connectivity index (χ1n) is 11.3. The van der Waals surface area contributed by atoms with Crippen molar-refractivity contribution in [3.8, 4) is 0 Å². The molecular formula is C25H43Cl. The van der Waals surface area contributed by atoms with E-state index in [0.29, 0.717) is 5.92 Å². The van der Waals surface area contributed by atoms with Crippen LogP contribution in [-0.4, -0.2) is 0 Å². The first-order chi connectivity index (χ1) is 12.5. The second-order valence-corrected chi connectivity index (χ2v) is 9.46. The van der Waals surface area contributed by atoms with E-state index in [1.165, 1.54) is 94.6 Å². The molecule has 0 saturated carbocycles. The van der Waals surface area contributed by atoms with E-state index in [2.05, 4.69) is 52.0 Å². The lowest BCUT2D eigenvalue weighted by Gasteiger charge is -2.26. The van der Waals surface area contributed by atoms with E-state index >= 15 is 0 Å². The molecule has 1 unspecified atom stereocenters. The first kappa shape index (κ1) is 23.5. The summed E-state index contributed by atoms with van der Waals surface area (Å²) in [4.78, 5) is -0.280. The molecule has 0 bridgehead atoms. The monoisotopic (exact) mass is 378 g/mol. The fraction of sp³-hybridized carbons (Fsp3) is 0.760. The van der Waals surface area contributed by atoms with E-state index in [1.807, 2.05) is 0 Å². The van der Waals surface area contributed by atoms with E-state index in [1.54, 1.807) is 0 Å². The van der Waals surface area contributed by atoms with Gasteiger partial charge in [0.1, 0.15) is 0 Å². The summed E-state index contributed by atoms with van der Waals surface area (Å²) in [5.41, 5.74) is 2.85. The lowest BCUT2D eigenvalue weighted by molar-refractivity contribution is 0.484. The molecule has 0 heterocycles. The number of hydrogen-bond acceptors (Lipinski definition) is 0. The molecule has 0 aliphatic carbocycles. The Balaban J connectivity index is 2.68. The minimum Gasteiger partial charge on any atom is -0.115 e. The van der Waals surface area contributed by atoms with Crippen LogP contribution >= 0.6 is 11.6 Å². The molecule has 0 fully saturated rings. The normalized spacial score (nSPS) is 13.1. The van der Waals surface area contributed by atoms with Crippen molar-refractivity contribution >= 4 is 11.6 Å². The average molecular weight is 379 g/mol. The summed E-state index contributed by atoms with van der Waals surface area (Å²) in [5.74, 6) is 0.678. The van der Waals surface area contributed by atoms with Gasteiger partial charge in [-0.3, -0.25) is 0 Å². The predicted molar refractivity (Wildman–Crippen MR) is 119 cm³/mol. The molecule has 0 saturated heterocycles. The van der Waals surface area contributed by atoms with Crippen LogP contribution in [0.1, 0.15) is 128 Å². The average Bonchev–Trinajstić information content (AvgIpc) is 2.62. The van der Waals surface area contributed by atoms with Gasteiger partial charge in [0.15, 0.2) is 0 Å². The van der Waals surface area contributed by atoms with Crippen molar-refractivity contribution in [1.82, 2.24) is 0 Å². The molecule has 0 radical (unpaired) electrons. The van der Waals surface area contributed by atoms with Gasteiger partial charge < -0.3 is 0 Å². The molecule has 1 aromatic carbocycles. The van der Waals surface area contributed by atoms with Gasteiger partial charge in [-0.2, -0.15) is 0 Å².